The molecular weight excluding hydrogens is 158 g/mol. The van der Waals surface area contributed by atoms with Gasteiger partial charge in [-0.1, -0.05) is 0 Å². The number of aryl methyl sites for hydroxylation is 1. The Kier molecular flexibility index (Phi) is 1.35. The van der Waals surface area contributed by atoms with Crippen molar-refractivity contribution in [2.45, 2.75) is 5.03 Å². The third-order valence-corrected chi connectivity index (χ3v) is 1.96. The fourth-order valence-corrected chi connectivity index (χ4v) is 1.44. The van der Waals surface area contributed by atoms with Crippen molar-refractivity contribution in [1.82, 2.24) is 14.8 Å². The second-order valence-corrected chi connectivity index (χ2v) is 2.76. The van der Waals surface area contributed by atoms with E-state index in [0.717, 1.165) is 15.9 Å². The Balaban J connectivity index is 2.96. The highest BCUT2D eigenvalue weighted by molar-refractivity contribution is 7.80. The van der Waals surface area contributed by atoms with Gasteiger partial charge in [-0.3, -0.25) is 4.68 Å². The van der Waals surface area contributed by atoms with Gasteiger partial charge in [0.15, 0.2) is 0 Å². The quantitative estimate of drug-likeness (QED) is 0.596. The molecule has 0 amide bonds. The number of hydrogen-bond donors (Lipinski definition) is 1. The van der Waals surface area contributed by atoms with Gasteiger partial charge in [-0.05, 0) is 6.07 Å². The van der Waals surface area contributed by atoms with Crippen LogP contribution in [-0.4, -0.2) is 14.8 Å². The summed E-state index contributed by atoms with van der Waals surface area (Å²) in [5.41, 5.74) is 0.982. The molecule has 2 aromatic rings. The monoisotopic (exact) mass is 165 g/mol. The van der Waals surface area contributed by atoms with Crippen LogP contribution in [0.15, 0.2) is 23.5 Å². The molecule has 2 aromatic heterocycles. The molecule has 4 heteroatoms. The summed E-state index contributed by atoms with van der Waals surface area (Å²) in [6, 6.07) is 1.92. The molecule has 56 valence electrons. The van der Waals surface area contributed by atoms with E-state index in [-0.39, 0.29) is 0 Å². The van der Waals surface area contributed by atoms with Crippen molar-refractivity contribution in [2.24, 2.45) is 7.05 Å². The van der Waals surface area contributed by atoms with Gasteiger partial charge in [0.25, 0.3) is 0 Å². The summed E-state index contributed by atoms with van der Waals surface area (Å²) < 4.78 is 1.77. The normalized spacial score (nSPS) is 10.7. The van der Waals surface area contributed by atoms with Crippen LogP contribution in [0.1, 0.15) is 0 Å². The van der Waals surface area contributed by atoms with Crippen LogP contribution in [0.25, 0.3) is 10.9 Å². The number of rotatable bonds is 0. The molecule has 0 aliphatic carbocycles. The van der Waals surface area contributed by atoms with Crippen molar-refractivity contribution < 1.29 is 0 Å². The molecule has 0 radical (unpaired) electrons. The van der Waals surface area contributed by atoms with Crippen molar-refractivity contribution >= 4 is 23.5 Å². The zero-order valence-electron chi connectivity index (χ0n) is 6.02. The predicted molar refractivity (Wildman–Crippen MR) is 45.8 cm³/mol. The highest BCUT2D eigenvalue weighted by atomic mass is 32.1. The van der Waals surface area contributed by atoms with Gasteiger partial charge in [0.05, 0.1) is 11.7 Å². The Bertz CT molecular complexity index is 393. The summed E-state index contributed by atoms with van der Waals surface area (Å²) in [7, 11) is 1.88. The van der Waals surface area contributed by atoms with Gasteiger partial charge in [0.2, 0.25) is 0 Å². The van der Waals surface area contributed by atoms with E-state index >= 15 is 0 Å². The zero-order valence-corrected chi connectivity index (χ0v) is 6.92. The maximum absolute atomic E-state index is 4.21. The lowest BCUT2D eigenvalue weighted by Crippen LogP contribution is -1.90. The maximum Gasteiger partial charge on any atom is 0.119 e. The Labute approximate surface area is 69.5 Å². The molecule has 0 aliphatic rings. The molecule has 0 bridgehead atoms. The molecule has 0 saturated heterocycles. The third-order valence-electron chi connectivity index (χ3n) is 1.63. The first-order chi connectivity index (χ1) is 5.29. The molecule has 0 fully saturated rings. The molecule has 2 rings (SSSR count). The summed E-state index contributed by atoms with van der Waals surface area (Å²) in [6.07, 6.45) is 3.53. The van der Waals surface area contributed by atoms with Crippen LogP contribution in [0.3, 0.4) is 0 Å². The lowest BCUT2D eigenvalue weighted by molar-refractivity contribution is 0.787. The van der Waals surface area contributed by atoms with E-state index < -0.39 is 0 Å². The molecule has 0 unspecified atom stereocenters. The van der Waals surface area contributed by atoms with E-state index in [4.69, 9.17) is 0 Å². The third kappa shape index (κ3) is 0.903. The van der Waals surface area contributed by atoms with E-state index in [2.05, 4.69) is 22.7 Å². The number of aromatic nitrogens is 3. The zero-order chi connectivity index (χ0) is 7.84. The molecule has 0 saturated carbocycles. The van der Waals surface area contributed by atoms with Gasteiger partial charge in [0.1, 0.15) is 5.03 Å². The molecular formula is C7H7N3S. The second kappa shape index (κ2) is 2.23. The van der Waals surface area contributed by atoms with E-state index in [1.807, 2.05) is 13.1 Å². The lowest BCUT2D eigenvalue weighted by atomic mass is 10.3. The number of thiol groups is 1. The van der Waals surface area contributed by atoms with Crippen LogP contribution in [0.4, 0.5) is 0 Å². The molecule has 11 heavy (non-hydrogen) atoms. The van der Waals surface area contributed by atoms with E-state index in [1.54, 1.807) is 17.1 Å². The molecule has 0 atom stereocenters. The van der Waals surface area contributed by atoms with Gasteiger partial charge < -0.3 is 0 Å². The highest BCUT2D eigenvalue weighted by Crippen LogP contribution is 2.17. The minimum atomic E-state index is 0.725. The van der Waals surface area contributed by atoms with Crippen LogP contribution >= 0.6 is 12.6 Å². The molecule has 0 spiro atoms. The summed E-state index contributed by atoms with van der Waals surface area (Å²) in [6.45, 7) is 0. The topological polar surface area (TPSA) is 30.7 Å². The Morgan fingerprint density at radius 2 is 2.36 bits per heavy atom. The molecule has 0 N–H and O–H groups in total. The lowest BCUT2D eigenvalue weighted by Gasteiger charge is -1.95. The first kappa shape index (κ1) is 6.67. The fraction of sp³-hybridized carbons (Fsp3) is 0.143. The summed E-state index contributed by atoms with van der Waals surface area (Å²) in [4.78, 5) is 4.04. The minimum absolute atomic E-state index is 0.725. The van der Waals surface area contributed by atoms with Crippen molar-refractivity contribution in [2.75, 3.05) is 0 Å². The number of nitrogens with zero attached hydrogens (tertiary/aromatic N) is 3. The Hall–Kier alpha value is -1.03. The fourth-order valence-electron chi connectivity index (χ4n) is 1.10. The van der Waals surface area contributed by atoms with Gasteiger partial charge in [-0.25, -0.2) is 4.98 Å². The van der Waals surface area contributed by atoms with Crippen molar-refractivity contribution in [1.29, 1.82) is 0 Å². The largest absolute Gasteiger partial charge is 0.265 e. The highest BCUT2D eigenvalue weighted by Gasteiger charge is 2.01. The molecule has 0 aliphatic heterocycles. The average Bonchev–Trinajstić information content (AvgIpc) is 2.34. The van der Waals surface area contributed by atoms with Crippen molar-refractivity contribution in [3.63, 3.8) is 0 Å². The molecule has 3 nitrogen and oxygen atoms in total. The first-order valence-corrected chi connectivity index (χ1v) is 3.69. The van der Waals surface area contributed by atoms with Crippen LogP contribution in [0.5, 0.6) is 0 Å². The first-order valence-electron chi connectivity index (χ1n) is 3.25. The van der Waals surface area contributed by atoms with Crippen LogP contribution in [0.2, 0.25) is 0 Å². The van der Waals surface area contributed by atoms with Crippen molar-refractivity contribution in [3.05, 3.63) is 18.5 Å². The molecule has 0 aromatic carbocycles. The maximum atomic E-state index is 4.21. The van der Waals surface area contributed by atoms with Crippen LogP contribution in [-0.2, 0) is 7.05 Å². The number of fused-ring (bicyclic) bond motifs is 1. The van der Waals surface area contributed by atoms with Gasteiger partial charge in [-0.2, -0.15) is 5.10 Å². The second-order valence-electron chi connectivity index (χ2n) is 2.34. The Morgan fingerprint density at radius 1 is 1.55 bits per heavy atom. The number of hydrogen-bond acceptors (Lipinski definition) is 3. The Morgan fingerprint density at radius 3 is 3.09 bits per heavy atom. The van der Waals surface area contributed by atoms with Crippen molar-refractivity contribution in [3.8, 4) is 0 Å². The van der Waals surface area contributed by atoms with Crippen LogP contribution in [0, 0.1) is 0 Å². The minimum Gasteiger partial charge on any atom is -0.265 e. The number of pyridine rings is 1. The van der Waals surface area contributed by atoms with Gasteiger partial charge in [-0.15, -0.1) is 12.6 Å². The molecule has 2 heterocycles. The van der Waals surface area contributed by atoms with Crippen LogP contribution < -0.4 is 0 Å². The van der Waals surface area contributed by atoms with E-state index in [1.165, 1.54) is 0 Å². The summed E-state index contributed by atoms with van der Waals surface area (Å²) in [5.74, 6) is 0. The standard InChI is InChI=1S/C7H7N3S/c1-10-6-5(4-9-10)2-3-8-7(6)11/h2-4H,1H3,(H,8,11). The predicted octanol–water partition coefficient (Wildman–Crippen LogP) is 1.26. The smallest absolute Gasteiger partial charge is 0.119 e. The SMILES string of the molecule is Cn1ncc2ccnc(S)c21. The average molecular weight is 165 g/mol. The van der Waals surface area contributed by atoms with Gasteiger partial charge in [0, 0.05) is 18.6 Å². The summed E-state index contributed by atoms with van der Waals surface area (Å²) >= 11 is 4.21. The summed E-state index contributed by atoms with van der Waals surface area (Å²) in [5, 5.41) is 5.89. The van der Waals surface area contributed by atoms with E-state index in [0.29, 0.717) is 0 Å². The van der Waals surface area contributed by atoms with Gasteiger partial charge >= 0.3 is 0 Å². The van der Waals surface area contributed by atoms with E-state index in [9.17, 15) is 0 Å².